The number of unbranched alkanes of at least 4 members (excludes halogenated alkanes) is 1. The van der Waals surface area contributed by atoms with E-state index in [1.807, 2.05) is 45.0 Å². The molecule has 0 saturated carbocycles. The molecule has 5 nitrogen and oxygen atoms in total. The van der Waals surface area contributed by atoms with Crippen LogP contribution in [0.25, 0.3) is 10.9 Å². The van der Waals surface area contributed by atoms with Crippen LogP contribution in [0.3, 0.4) is 0 Å². The van der Waals surface area contributed by atoms with Gasteiger partial charge >= 0.3 is 7.60 Å². The zero-order chi connectivity index (χ0) is 18.3. The number of nitrogens with zero attached hydrogens (tertiary/aromatic N) is 1. The van der Waals surface area contributed by atoms with Gasteiger partial charge in [-0.05, 0) is 39.3 Å². The topological polar surface area (TPSA) is 57.7 Å². The van der Waals surface area contributed by atoms with Gasteiger partial charge in [-0.15, -0.1) is 0 Å². The third-order valence-electron chi connectivity index (χ3n) is 3.92. The number of fused-ring (bicyclic) bond motifs is 1. The molecule has 0 aliphatic heterocycles. The smallest absolute Gasteiger partial charge is 0.336 e. The number of pyridine rings is 1. The summed E-state index contributed by atoms with van der Waals surface area (Å²) in [5.74, 6) is 0.814. The van der Waals surface area contributed by atoms with E-state index in [0.717, 1.165) is 35.1 Å². The fraction of sp³-hybridized carbons (Fsp3) is 0.526. The largest absolute Gasteiger partial charge is 0.493 e. The summed E-state index contributed by atoms with van der Waals surface area (Å²) in [6, 6.07) is 7.86. The highest BCUT2D eigenvalue weighted by Crippen LogP contribution is 2.52. The SMILES string of the molecule is CCCCOc1c(C)c(CP(=O)(OCC)OCC)nc2ccccc12. The summed E-state index contributed by atoms with van der Waals surface area (Å²) in [6.45, 7) is 9.04. The van der Waals surface area contributed by atoms with Gasteiger partial charge in [0.05, 0.1) is 37.2 Å². The first-order chi connectivity index (χ1) is 12.0. The van der Waals surface area contributed by atoms with Crippen LogP contribution in [0.15, 0.2) is 24.3 Å². The monoisotopic (exact) mass is 365 g/mol. The summed E-state index contributed by atoms with van der Waals surface area (Å²) in [5, 5.41) is 0.975. The number of para-hydroxylation sites is 1. The lowest BCUT2D eigenvalue weighted by atomic mass is 10.1. The fourth-order valence-electron chi connectivity index (χ4n) is 2.69. The zero-order valence-corrected chi connectivity index (χ0v) is 16.5. The second-order valence-electron chi connectivity index (χ2n) is 5.84. The van der Waals surface area contributed by atoms with Crippen molar-refractivity contribution in [2.75, 3.05) is 19.8 Å². The van der Waals surface area contributed by atoms with E-state index in [1.54, 1.807) is 0 Å². The van der Waals surface area contributed by atoms with E-state index >= 15 is 0 Å². The minimum Gasteiger partial charge on any atom is -0.493 e. The number of ether oxygens (including phenoxy) is 1. The summed E-state index contributed by atoms with van der Waals surface area (Å²) in [5.41, 5.74) is 2.43. The van der Waals surface area contributed by atoms with Crippen molar-refractivity contribution in [3.63, 3.8) is 0 Å². The van der Waals surface area contributed by atoms with E-state index in [-0.39, 0.29) is 6.16 Å². The van der Waals surface area contributed by atoms with E-state index in [2.05, 4.69) is 6.92 Å². The standard InChI is InChI=1S/C19H28NO4P/c1-5-8-13-22-19-15(4)18(14-25(21,23-6-2)24-7-3)20-17-12-10-9-11-16(17)19/h9-12H,5-8,13-14H2,1-4H3. The van der Waals surface area contributed by atoms with Gasteiger partial charge < -0.3 is 13.8 Å². The van der Waals surface area contributed by atoms with Crippen LogP contribution in [-0.4, -0.2) is 24.8 Å². The number of hydrogen-bond acceptors (Lipinski definition) is 5. The molecule has 0 aliphatic carbocycles. The molecule has 1 aromatic heterocycles. The first-order valence-electron chi connectivity index (χ1n) is 8.93. The number of hydrogen-bond donors (Lipinski definition) is 0. The van der Waals surface area contributed by atoms with Crippen LogP contribution in [-0.2, 0) is 19.8 Å². The van der Waals surface area contributed by atoms with Gasteiger partial charge in [0.15, 0.2) is 0 Å². The molecule has 2 aromatic rings. The van der Waals surface area contributed by atoms with Crippen LogP contribution in [0.4, 0.5) is 0 Å². The molecule has 2 rings (SSSR count). The predicted molar refractivity (Wildman–Crippen MR) is 101 cm³/mol. The van der Waals surface area contributed by atoms with Gasteiger partial charge in [0.25, 0.3) is 0 Å². The molecule has 0 aliphatic rings. The normalized spacial score (nSPS) is 11.8. The Morgan fingerprint density at radius 1 is 1.08 bits per heavy atom. The van der Waals surface area contributed by atoms with Gasteiger partial charge in [0.2, 0.25) is 0 Å². The van der Waals surface area contributed by atoms with Crippen molar-refractivity contribution in [2.24, 2.45) is 0 Å². The van der Waals surface area contributed by atoms with Gasteiger partial charge in [-0.2, -0.15) is 0 Å². The lowest BCUT2D eigenvalue weighted by Crippen LogP contribution is -2.06. The van der Waals surface area contributed by atoms with Gasteiger partial charge in [-0.1, -0.05) is 25.5 Å². The molecule has 0 atom stereocenters. The average molecular weight is 365 g/mol. The first-order valence-corrected chi connectivity index (χ1v) is 10.7. The Morgan fingerprint density at radius 2 is 1.76 bits per heavy atom. The predicted octanol–water partition coefficient (Wildman–Crippen LogP) is 5.49. The van der Waals surface area contributed by atoms with Gasteiger partial charge in [0, 0.05) is 10.9 Å². The molecule has 25 heavy (non-hydrogen) atoms. The van der Waals surface area contributed by atoms with Crippen molar-refractivity contribution in [3.8, 4) is 5.75 Å². The maximum Gasteiger partial charge on any atom is 0.336 e. The summed E-state index contributed by atoms with van der Waals surface area (Å²) in [4.78, 5) is 4.70. The Bertz CT molecular complexity index is 738. The summed E-state index contributed by atoms with van der Waals surface area (Å²) >= 11 is 0. The van der Waals surface area contributed by atoms with Crippen LogP contribution < -0.4 is 4.74 Å². The van der Waals surface area contributed by atoms with Crippen molar-refractivity contribution < 1.29 is 18.3 Å². The molecule has 138 valence electrons. The zero-order valence-electron chi connectivity index (χ0n) is 15.6. The molecular weight excluding hydrogens is 337 g/mol. The van der Waals surface area contributed by atoms with Gasteiger partial charge in [-0.25, -0.2) is 0 Å². The van der Waals surface area contributed by atoms with Crippen molar-refractivity contribution in [1.29, 1.82) is 0 Å². The Balaban J connectivity index is 2.45. The van der Waals surface area contributed by atoms with Crippen LogP contribution in [0.5, 0.6) is 5.75 Å². The molecule has 1 heterocycles. The molecule has 0 radical (unpaired) electrons. The van der Waals surface area contributed by atoms with Crippen LogP contribution in [0.2, 0.25) is 0 Å². The number of benzene rings is 1. The molecule has 0 spiro atoms. The maximum absolute atomic E-state index is 12.9. The molecule has 0 bridgehead atoms. The summed E-state index contributed by atoms with van der Waals surface area (Å²) in [7, 11) is -3.22. The molecule has 0 fully saturated rings. The number of aromatic nitrogens is 1. The minimum atomic E-state index is -3.22. The van der Waals surface area contributed by atoms with E-state index in [1.165, 1.54) is 0 Å². The fourth-order valence-corrected chi connectivity index (χ4v) is 4.41. The lowest BCUT2D eigenvalue weighted by molar-refractivity contribution is 0.219. The molecule has 0 amide bonds. The highest BCUT2D eigenvalue weighted by molar-refractivity contribution is 7.53. The molecule has 1 aromatic carbocycles. The number of rotatable bonds is 10. The molecule has 0 unspecified atom stereocenters. The Morgan fingerprint density at radius 3 is 2.40 bits per heavy atom. The van der Waals surface area contributed by atoms with E-state index in [9.17, 15) is 4.57 Å². The van der Waals surface area contributed by atoms with E-state index in [0.29, 0.717) is 25.5 Å². The molecule has 0 N–H and O–H groups in total. The van der Waals surface area contributed by atoms with Crippen LogP contribution >= 0.6 is 7.60 Å². The Kier molecular flexibility index (Phi) is 7.42. The first kappa shape index (κ1) is 19.9. The van der Waals surface area contributed by atoms with Gasteiger partial charge in [0.1, 0.15) is 5.75 Å². The third kappa shape index (κ3) is 5.04. The maximum atomic E-state index is 12.9. The van der Waals surface area contributed by atoms with Gasteiger partial charge in [-0.3, -0.25) is 9.55 Å². The summed E-state index contributed by atoms with van der Waals surface area (Å²) in [6.07, 6.45) is 2.20. The Labute approximate surface area is 150 Å². The average Bonchev–Trinajstić information content (AvgIpc) is 2.58. The molecular formula is C19H28NO4P. The quantitative estimate of drug-likeness (QED) is 0.412. The van der Waals surface area contributed by atoms with Crippen molar-refractivity contribution in [3.05, 3.63) is 35.5 Å². The van der Waals surface area contributed by atoms with E-state index < -0.39 is 7.60 Å². The second kappa shape index (κ2) is 9.33. The Hall–Kier alpha value is -1.42. The van der Waals surface area contributed by atoms with E-state index in [4.69, 9.17) is 18.8 Å². The van der Waals surface area contributed by atoms with Crippen LogP contribution in [0, 0.1) is 6.92 Å². The molecule has 6 heteroatoms. The highest BCUT2D eigenvalue weighted by Gasteiger charge is 2.27. The highest BCUT2D eigenvalue weighted by atomic mass is 31.2. The minimum absolute atomic E-state index is 0.148. The second-order valence-corrected chi connectivity index (χ2v) is 7.89. The lowest BCUT2D eigenvalue weighted by Gasteiger charge is -2.20. The third-order valence-corrected chi connectivity index (χ3v) is 5.91. The summed E-state index contributed by atoms with van der Waals surface area (Å²) < 4.78 is 29.8. The molecule has 0 saturated heterocycles. The van der Waals surface area contributed by atoms with Crippen molar-refractivity contribution in [2.45, 2.75) is 46.7 Å². The van der Waals surface area contributed by atoms with Crippen molar-refractivity contribution in [1.82, 2.24) is 4.98 Å². The van der Waals surface area contributed by atoms with Crippen LogP contribution in [0.1, 0.15) is 44.9 Å². The van der Waals surface area contributed by atoms with Crippen molar-refractivity contribution >= 4 is 18.5 Å².